The molecule has 1 aliphatic heterocycles. The second kappa shape index (κ2) is 11.4. The Balaban J connectivity index is 1.49. The fourth-order valence-electron chi connectivity index (χ4n) is 7.44. The van der Waals surface area contributed by atoms with Crippen molar-refractivity contribution < 1.29 is 0 Å². The number of rotatable bonds is 2. The van der Waals surface area contributed by atoms with Crippen LogP contribution >= 0.6 is 0 Å². The Morgan fingerprint density at radius 2 is 0.765 bits per heavy atom. The van der Waals surface area contributed by atoms with Gasteiger partial charge in [-0.3, -0.25) is 0 Å². The summed E-state index contributed by atoms with van der Waals surface area (Å²) in [6, 6.07) is 48.5. The van der Waals surface area contributed by atoms with Crippen molar-refractivity contribution in [1.82, 2.24) is 15.0 Å². The van der Waals surface area contributed by atoms with Crippen molar-refractivity contribution in [2.45, 2.75) is 52.4 Å². The Morgan fingerprint density at radius 1 is 0.373 bits per heavy atom. The van der Waals surface area contributed by atoms with E-state index in [4.69, 9.17) is 9.97 Å². The van der Waals surface area contributed by atoms with E-state index in [2.05, 4.69) is 180 Å². The molecule has 0 fully saturated rings. The van der Waals surface area contributed by atoms with Gasteiger partial charge < -0.3 is 4.98 Å². The molecule has 0 atom stereocenters. The average Bonchev–Trinajstić information content (AvgIpc) is 3.52. The quantitative estimate of drug-likeness (QED) is 0.201. The highest BCUT2D eigenvalue weighted by atomic mass is 14.8. The lowest BCUT2D eigenvalue weighted by atomic mass is 9.83. The summed E-state index contributed by atoms with van der Waals surface area (Å²) in [6.45, 7) is 13.8. The first kappa shape index (κ1) is 31.2. The summed E-state index contributed by atoms with van der Waals surface area (Å²) in [5.74, 6) is 0. The van der Waals surface area contributed by atoms with Crippen LogP contribution in [0.25, 0.3) is 89.1 Å². The first-order chi connectivity index (χ1) is 24.5. The highest BCUT2D eigenvalue weighted by molar-refractivity contribution is 6.16. The molecule has 1 aliphatic rings. The molecule has 3 heteroatoms. The Kier molecular flexibility index (Phi) is 6.95. The van der Waals surface area contributed by atoms with Crippen LogP contribution < -0.4 is 0 Å². The maximum Gasteiger partial charge on any atom is 0.0736 e. The van der Waals surface area contributed by atoms with Crippen LogP contribution in [0.3, 0.4) is 0 Å². The molecule has 0 spiro atoms. The van der Waals surface area contributed by atoms with Crippen LogP contribution in [0.5, 0.6) is 0 Å². The Bertz CT molecular complexity index is 2450. The standard InChI is InChI=1S/C48H41N3/c1-47(2,3)35-25-37-38-26-36(48(4,5)6)28-40-44-24-34(30-16-11-8-12-17-30)22-42(50-44)32-19-13-18-31(20-32)41-21-33(29-14-9-7-10-15-29)23-43(49-41)39(27-35)45(37)51-46(38)40/h7-28,51H,1-6H3. The number of nitrogens with one attached hydrogen (secondary N) is 1. The summed E-state index contributed by atoms with van der Waals surface area (Å²) in [7, 11) is 0. The van der Waals surface area contributed by atoms with E-state index in [0.717, 1.165) is 67.2 Å². The Hall–Kier alpha value is -5.80. The zero-order valence-corrected chi connectivity index (χ0v) is 30.1. The largest absolute Gasteiger partial charge is 0.353 e. The molecule has 3 nitrogen and oxygen atoms in total. The van der Waals surface area contributed by atoms with Gasteiger partial charge in [0.05, 0.1) is 33.8 Å². The van der Waals surface area contributed by atoms with Crippen molar-refractivity contribution in [3.8, 4) is 67.3 Å². The minimum atomic E-state index is -0.0748. The molecule has 0 saturated carbocycles. The first-order valence-corrected chi connectivity index (χ1v) is 17.9. The van der Waals surface area contributed by atoms with Crippen LogP contribution in [0.2, 0.25) is 0 Å². The molecule has 4 heterocycles. The van der Waals surface area contributed by atoms with Crippen LogP contribution in [0, 0.1) is 0 Å². The fourth-order valence-corrected chi connectivity index (χ4v) is 7.44. The second-order valence-electron chi connectivity index (χ2n) is 16.1. The van der Waals surface area contributed by atoms with Crippen LogP contribution in [-0.4, -0.2) is 15.0 Å². The van der Waals surface area contributed by atoms with Crippen molar-refractivity contribution >= 4 is 21.8 Å². The van der Waals surface area contributed by atoms with Crippen molar-refractivity contribution in [1.29, 1.82) is 0 Å². The van der Waals surface area contributed by atoms with E-state index in [-0.39, 0.29) is 10.8 Å². The zero-order valence-electron chi connectivity index (χ0n) is 30.1. The van der Waals surface area contributed by atoms with E-state index in [0.29, 0.717) is 0 Å². The lowest BCUT2D eigenvalue weighted by Crippen LogP contribution is -2.11. The van der Waals surface area contributed by atoms with Crippen LogP contribution in [0.4, 0.5) is 0 Å². The smallest absolute Gasteiger partial charge is 0.0736 e. The van der Waals surface area contributed by atoms with E-state index in [1.54, 1.807) is 0 Å². The lowest BCUT2D eigenvalue weighted by molar-refractivity contribution is 0.590. The molecule has 0 aliphatic carbocycles. The third-order valence-electron chi connectivity index (χ3n) is 10.4. The molecule has 1 N–H and O–H groups in total. The molecule has 9 rings (SSSR count). The Morgan fingerprint density at radius 3 is 1.18 bits per heavy atom. The average molecular weight is 660 g/mol. The number of aromatic amines is 1. The van der Waals surface area contributed by atoms with Gasteiger partial charge in [-0.25, -0.2) is 9.97 Å². The normalized spacial score (nSPS) is 12.5. The van der Waals surface area contributed by atoms with Crippen molar-refractivity contribution in [2.24, 2.45) is 0 Å². The molecule has 8 bridgehead atoms. The Labute approximate surface area is 300 Å². The summed E-state index contributed by atoms with van der Waals surface area (Å²) in [5.41, 5.74) is 17.3. The summed E-state index contributed by atoms with van der Waals surface area (Å²) in [5, 5.41) is 2.42. The van der Waals surface area contributed by atoms with Gasteiger partial charge in [0.25, 0.3) is 0 Å². The number of hydrogen-bond acceptors (Lipinski definition) is 2. The van der Waals surface area contributed by atoms with Gasteiger partial charge in [0.2, 0.25) is 0 Å². The van der Waals surface area contributed by atoms with Gasteiger partial charge in [0.15, 0.2) is 0 Å². The number of nitrogens with zero attached hydrogens (tertiary/aromatic N) is 2. The fraction of sp³-hybridized carbons (Fsp3) is 0.167. The summed E-state index contributed by atoms with van der Waals surface area (Å²) >= 11 is 0. The van der Waals surface area contributed by atoms with E-state index in [1.807, 2.05) is 0 Å². The maximum atomic E-state index is 5.47. The highest BCUT2D eigenvalue weighted by Crippen LogP contribution is 2.44. The zero-order chi connectivity index (χ0) is 35.1. The van der Waals surface area contributed by atoms with Gasteiger partial charge in [-0.15, -0.1) is 0 Å². The van der Waals surface area contributed by atoms with E-state index >= 15 is 0 Å². The molecule has 248 valence electrons. The molecular formula is C48H41N3. The minimum Gasteiger partial charge on any atom is -0.353 e. The summed E-state index contributed by atoms with van der Waals surface area (Å²) < 4.78 is 0. The van der Waals surface area contributed by atoms with E-state index in [1.165, 1.54) is 33.0 Å². The van der Waals surface area contributed by atoms with Gasteiger partial charge in [-0.2, -0.15) is 0 Å². The second-order valence-corrected chi connectivity index (χ2v) is 16.1. The van der Waals surface area contributed by atoms with Crippen molar-refractivity contribution in [3.63, 3.8) is 0 Å². The van der Waals surface area contributed by atoms with Crippen LogP contribution in [-0.2, 0) is 10.8 Å². The minimum absolute atomic E-state index is 0.0748. The van der Waals surface area contributed by atoms with Gasteiger partial charge in [-0.1, -0.05) is 120 Å². The molecule has 0 amide bonds. The molecule has 0 unspecified atom stereocenters. The molecule has 5 aromatic carbocycles. The maximum absolute atomic E-state index is 5.47. The number of pyridine rings is 2. The third-order valence-corrected chi connectivity index (χ3v) is 10.4. The molecule has 3 aromatic heterocycles. The van der Waals surface area contributed by atoms with E-state index < -0.39 is 0 Å². The number of benzene rings is 5. The van der Waals surface area contributed by atoms with Gasteiger partial charge in [0, 0.05) is 33.0 Å². The SMILES string of the molecule is CC(C)(C)c1cc2c3[nH]c4c(cc(C(C)(C)C)cc4c3c1)-c1cc(-c3ccccc3)cc(n1)-c1cccc(c1)-c1cc(-c3ccccc3)cc-2n1. The monoisotopic (exact) mass is 659 g/mol. The predicted octanol–water partition coefficient (Wildman–Crippen LogP) is 13.0. The van der Waals surface area contributed by atoms with Gasteiger partial charge in [0.1, 0.15) is 0 Å². The number of hydrogen-bond donors (Lipinski definition) is 1. The first-order valence-electron chi connectivity index (χ1n) is 17.9. The van der Waals surface area contributed by atoms with Crippen molar-refractivity contribution in [2.75, 3.05) is 0 Å². The number of aromatic nitrogens is 3. The number of H-pyrrole nitrogens is 1. The molecule has 51 heavy (non-hydrogen) atoms. The van der Waals surface area contributed by atoms with Crippen LogP contribution in [0.15, 0.2) is 133 Å². The summed E-state index contributed by atoms with van der Waals surface area (Å²) in [6.07, 6.45) is 0. The van der Waals surface area contributed by atoms with Crippen LogP contribution in [0.1, 0.15) is 52.7 Å². The lowest BCUT2D eigenvalue weighted by Gasteiger charge is -2.22. The predicted molar refractivity (Wildman–Crippen MR) is 215 cm³/mol. The molecule has 0 radical (unpaired) electrons. The number of fused-ring (bicyclic) bond motifs is 11. The molecule has 8 aromatic rings. The summed E-state index contributed by atoms with van der Waals surface area (Å²) in [4.78, 5) is 14.9. The topological polar surface area (TPSA) is 41.6 Å². The highest BCUT2D eigenvalue weighted by Gasteiger charge is 2.25. The third kappa shape index (κ3) is 5.45. The molecule has 0 saturated heterocycles. The van der Waals surface area contributed by atoms with E-state index in [9.17, 15) is 0 Å². The van der Waals surface area contributed by atoms with Gasteiger partial charge in [-0.05, 0) is 98.8 Å². The van der Waals surface area contributed by atoms with Crippen molar-refractivity contribution in [3.05, 3.63) is 145 Å². The molecular weight excluding hydrogens is 619 g/mol. The van der Waals surface area contributed by atoms with Gasteiger partial charge >= 0.3 is 0 Å².